The smallest absolute Gasteiger partial charge is 0.291 e. The van der Waals surface area contributed by atoms with Gasteiger partial charge in [-0.05, 0) is 49.2 Å². The van der Waals surface area contributed by atoms with Gasteiger partial charge in [0.1, 0.15) is 0 Å². The van der Waals surface area contributed by atoms with Gasteiger partial charge in [0.25, 0.3) is 11.8 Å². The molecule has 0 atom stereocenters. The molecule has 3 aromatic rings. The van der Waals surface area contributed by atoms with Gasteiger partial charge in [0, 0.05) is 6.54 Å². The Kier molecular flexibility index (Phi) is 5.00. The summed E-state index contributed by atoms with van der Waals surface area (Å²) in [6.07, 6.45) is 1.44. The van der Waals surface area contributed by atoms with Crippen LogP contribution in [0.3, 0.4) is 0 Å². The second-order valence-corrected chi connectivity index (χ2v) is 6.79. The first-order valence-electron chi connectivity index (χ1n) is 7.82. The van der Waals surface area contributed by atoms with Gasteiger partial charge in [-0.1, -0.05) is 23.8 Å². The summed E-state index contributed by atoms with van der Waals surface area (Å²) in [5, 5.41) is 6.22. The minimum Gasteiger partial charge on any atom is -0.459 e. The number of carbonyl (C=O) groups is 2. The summed E-state index contributed by atoms with van der Waals surface area (Å²) >= 11 is 1.22. The third-order valence-electron chi connectivity index (χ3n) is 3.75. The highest BCUT2D eigenvalue weighted by Gasteiger charge is 2.13. The highest BCUT2D eigenvalue weighted by molar-refractivity contribution is 7.18. The molecule has 0 aliphatic carbocycles. The van der Waals surface area contributed by atoms with Crippen molar-refractivity contribution in [3.8, 4) is 0 Å². The summed E-state index contributed by atoms with van der Waals surface area (Å²) in [4.78, 5) is 24.8. The Hall–Kier alpha value is -2.86. The van der Waals surface area contributed by atoms with E-state index >= 15 is 0 Å². The van der Waals surface area contributed by atoms with Crippen LogP contribution in [-0.2, 0) is 6.54 Å². The van der Waals surface area contributed by atoms with Crippen LogP contribution in [0.25, 0.3) is 0 Å². The Morgan fingerprint density at radius 1 is 1.08 bits per heavy atom. The van der Waals surface area contributed by atoms with Crippen LogP contribution >= 0.6 is 11.3 Å². The highest BCUT2D eigenvalue weighted by atomic mass is 32.1. The number of nitrogens with one attached hydrogen (secondary N) is 2. The van der Waals surface area contributed by atoms with Crippen molar-refractivity contribution in [2.75, 3.05) is 5.32 Å². The molecule has 2 aromatic heterocycles. The Morgan fingerprint density at radius 2 is 1.92 bits per heavy atom. The summed E-state index contributed by atoms with van der Waals surface area (Å²) in [6.45, 7) is 4.54. The Bertz CT molecular complexity index is 897. The van der Waals surface area contributed by atoms with Crippen molar-refractivity contribution in [2.45, 2.75) is 20.4 Å². The van der Waals surface area contributed by atoms with Crippen LogP contribution in [0.1, 0.15) is 36.9 Å². The molecule has 2 amide bonds. The molecular weight excluding hydrogens is 336 g/mol. The van der Waals surface area contributed by atoms with Crippen LogP contribution in [0.2, 0.25) is 0 Å². The summed E-state index contributed by atoms with van der Waals surface area (Å²) in [6, 6.07) is 12.8. The lowest BCUT2D eigenvalue weighted by Gasteiger charge is -2.08. The van der Waals surface area contributed by atoms with Gasteiger partial charge in [-0.15, -0.1) is 11.3 Å². The van der Waals surface area contributed by atoms with Crippen LogP contribution in [0, 0.1) is 13.8 Å². The zero-order chi connectivity index (χ0) is 17.8. The van der Waals surface area contributed by atoms with Gasteiger partial charge < -0.3 is 15.1 Å². The Labute approximate surface area is 149 Å². The first kappa shape index (κ1) is 17.0. The van der Waals surface area contributed by atoms with Crippen molar-refractivity contribution in [3.05, 3.63) is 76.1 Å². The van der Waals surface area contributed by atoms with Crippen molar-refractivity contribution in [3.63, 3.8) is 0 Å². The molecule has 3 rings (SSSR count). The van der Waals surface area contributed by atoms with Crippen molar-refractivity contribution in [1.82, 2.24) is 5.32 Å². The summed E-state index contributed by atoms with van der Waals surface area (Å²) in [5.41, 5.74) is 3.43. The van der Waals surface area contributed by atoms with Gasteiger partial charge in [-0.25, -0.2) is 0 Å². The molecule has 0 spiro atoms. The highest BCUT2D eigenvalue weighted by Crippen LogP contribution is 2.23. The van der Waals surface area contributed by atoms with E-state index in [4.69, 9.17) is 4.42 Å². The van der Waals surface area contributed by atoms with E-state index in [0.717, 1.165) is 11.1 Å². The number of aryl methyl sites for hydroxylation is 2. The van der Waals surface area contributed by atoms with E-state index in [1.165, 1.54) is 23.2 Å². The Morgan fingerprint density at radius 3 is 2.64 bits per heavy atom. The maximum Gasteiger partial charge on any atom is 0.291 e. The normalized spacial score (nSPS) is 10.5. The molecule has 0 radical (unpaired) electrons. The van der Waals surface area contributed by atoms with Gasteiger partial charge >= 0.3 is 0 Å². The third-order valence-corrected chi connectivity index (χ3v) is 4.75. The number of hydrogen-bond acceptors (Lipinski definition) is 4. The van der Waals surface area contributed by atoms with E-state index in [1.54, 1.807) is 24.3 Å². The number of carbonyl (C=O) groups excluding carboxylic acids is 2. The number of hydrogen-bond donors (Lipinski definition) is 2. The van der Waals surface area contributed by atoms with E-state index < -0.39 is 0 Å². The molecule has 0 unspecified atom stereocenters. The molecule has 0 aliphatic heterocycles. The van der Waals surface area contributed by atoms with Crippen molar-refractivity contribution in [1.29, 1.82) is 0 Å². The molecule has 6 heteroatoms. The summed E-state index contributed by atoms with van der Waals surface area (Å²) < 4.78 is 5.04. The molecule has 0 fully saturated rings. The summed E-state index contributed by atoms with van der Waals surface area (Å²) in [5.74, 6) is -0.271. The van der Waals surface area contributed by atoms with E-state index in [-0.39, 0.29) is 17.6 Å². The lowest BCUT2D eigenvalue weighted by molar-refractivity contribution is 0.0953. The molecule has 0 saturated carbocycles. The van der Waals surface area contributed by atoms with Crippen molar-refractivity contribution < 1.29 is 14.0 Å². The van der Waals surface area contributed by atoms with Gasteiger partial charge in [0.05, 0.1) is 16.1 Å². The predicted octanol–water partition coefficient (Wildman–Crippen LogP) is 4.14. The molecule has 5 nitrogen and oxygen atoms in total. The number of benzene rings is 1. The van der Waals surface area contributed by atoms with Crippen molar-refractivity contribution in [2.24, 2.45) is 0 Å². The molecular formula is C19H18N2O3S. The molecule has 0 bridgehead atoms. The second kappa shape index (κ2) is 7.36. The van der Waals surface area contributed by atoms with Crippen LogP contribution < -0.4 is 10.6 Å². The quantitative estimate of drug-likeness (QED) is 0.723. The van der Waals surface area contributed by atoms with Crippen LogP contribution in [0.5, 0.6) is 0 Å². The maximum absolute atomic E-state index is 12.3. The number of rotatable bonds is 5. The number of anilines is 1. The van der Waals surface area contributed by atoms with E-state index in [1.807, 2.05) is 26.0 Å². The molecule has 0 saturated heterocycles. The molecule has 25 heavy (non-hydrogen) atoms. The topological polar surface area (TPSA) is 71.3 Å². The first-order valence-corrected chi connectivity index (χ1v) is 8.63. The van der Waals surface area contributed by atoms with Gasteiger partial charge in [0.2, 0.25) is 0 Å². The minimum atomic E-state index is -0.339. The van der Waals surface area contributed by atoms with Crippen LogP contribution in [0.4, 0.5) is 5.00 Å². The van der Waals surface area contributed by atoms with E-state index in [0.29, 0.717) is 16.4 Å². The zero-order valence-corrected chi connectivity index (χ0v) is 14.8. The molecule has 2 N–H and O–H groups in total. The first-order chi connectivity index (χ1) is 12.0. The van der Waals surface area contributed by atoms with Crippen LogP contribution in [-0.4, -0.2) is 11.8 Å². The molecule has 0 aliphatic rings. The van der Waals surface area contributed by atoms with Gasteiger partial charge in [0.15, 0.2) is 5.76 Å². The standard InChI is InChI=1S/C19H18N2O3S/c1-12-5-6-14(13(2)10-12)11-20-19(23)16-7-8-17(25-16)21-18(22)15-4-3-9-24-15/h3-10H,11H2,1-2H3,(H,20,23)(H,21,22). The van der Waals surface area contributed by atoms with E-state index in [9.17, 15) is 9.59 Å². The van der Waals surface area contributed by atoms with Crippen molar-refractivity contribution >= 4 is 28.2 Å². The van der Waals surface area contributed by atoms with Gasteiger partial charge in [-0.2, -0.15) is 0 Å². The monoisotopic (exact) mass is 354 g/mol. The molecule has 1 aromatic carbocycles. The van der Waals surface area contributed by atoms with Crippen LogP contribution in [0.15, 0.2) is 53.1 Å². The lowest BCUT2D eigenvalue weighted by Crippen LogP contribution is -2.22. The SMILES string of the molecule is Cc1ccc(CNC(=O)c2ccc(NC(=O)c3ccco3)s2)c(C)c1. The molecule has 128 valence electrons. The fraction of sp³-hybridized carbons (Fsp3) is 0.158. The third kappa shape index (κ3) is 4.16. The molecule has 2 heterocycles. The maximum atomic E-state index is 12.3. The Balaban J connectivity index is 1.59. The number of amides is 2. The number of furan rings is 1. The van der Waals surface area contributed by atoms with Gasteiger partial charge in [-0.3, -0.25) is 9.59 Å². The fourth-order valence-corrected chi connectivity index (χ4v) is 3.23. The summed E-state index contributed by atoms with van der Waals surface area (Å²) in [7, 11) is 0. The average molecular weight is 354 g/mol. The predicted molar refractivity (Wildman–Crippen MR) is 98.1 cm³/mol. The fourth-order valence-electron chi connectivity index (χ4n) is 2.42. The second-order valence-electron chi connectivity index (χ2n) is 5.71. The number of thiophene rings is 1. The minimum absolute atomic E-state index is 0.163. The largest absolute Gasteiger partial charge is 0.459 e. The lowest BCUT2D eigenvalue weighted by atomic mass is 10.1. The average Bonchev–Trinajstić information content (AvgIpc) is 3.25. The van der Waals surface area contributed by atoms with E-state index in [2.05, 4.69) is 16.7 Å². The zero-order valence-electron chi connectivity index (χ0n) is 14.0.